The van der Waals surface area contributed by atoms with E-state index in [-0.39, 0.29) is 5.56 Å². The van der Waals surface area contributed by atoms with Gasteiger partial charge in [-0.1, -0.05) is 13.3 Å². The number of anilines is 1. The number of unbranched alkanes of at least 4 members (excludes halogenated alkanes) is 1. The second-order valence-electron chi connectivity index (χ2n) is 4.47. The van der Waals surface area contributed by atoms with Crippen LogP contribution in [0.2, 0.25) is 0 Å². The minimum atomic E-state index is -0.110. The summed E-state index contributed by atoms with van der Waals surface area (Å²) in [4.78, 5) is 18.9. The van der Waals surface area contributed by atoms with E-state index in [1.165, 1.54) is 6.21 Å². The zero-order valence-electron chi connectivity index (χ0n) is 11.6. The standard InChI is InChI=1S/C14H18N4O2/c1-3-4-7-12-10(2)16-14(17-13(12)19)18-15-9-11-6-5-8-20-11/h5-6,8-9H,3-4,7H2,1-2H3,(H2,16,17,18,19)/b15-9-. The summed E-state index contributed by atoms with van der Waals surface area (Å²) in [6, 6.07) is 3.55. The van der Waals surface area contributed by atoms with Crippen molar-refractivity contribution < 1.29 is 4.42 Å². The number of rotatable bonds is 6. The second kappa shape index (κ2) is 6.70. The number of aromatic nitrogens is 2. The first-order chi connectivity index (χ1) is 9.70. The van der Waals surface area contributed by atoms with E-state index < -0.39 is 0 Å². The zero-order chi connectivity index (χ0) is 14.4. The molecule has 0 atom stereocenters. The van der Waals surface area contributed by atoms with Crippen molar-refractivity contribution in [2.24, 2.45) is 5.10 Å². The number of aryl methyl sites for hydroxylation is 1. The van der Waals surface area contributed by atoms with Crippen LogP contribution in [0.1, 0.15) is 36.8 Å². The van der Waals surface area contributed by atoms with Crippen molar-refractivity contribution in [2.75, 3.05) is 5.43 Å². The van der Waals surface area contributed by atoms with Crippen molar-refractivity contribution in [1.82, 2.24) is 9.97 Å². The molecule has 0 aliphatic rings. The lowest BCUT2D eigenvalue weighted by Gasteiger charge is -2.05. The smallest absolute Gasteiger partial charge is 0.255 e. The van der Waals surface area contributed by atoms with Gasteiger partial charge < -0.3 is 4.42 Å². The minimum absolute atomic E-state index is 0.110. The van der Waals surface area contributed by atoms with Gasteiger partial charge in [0.25, 0.3) is 5.56 Å². The van der Waals surface area contributed by atoms with Gasteiger partial charge >= 0.3 is 0 Å². The SMILES string of the molecule is CCCCc1c(C)nc(N/N=C\c2ccco2)[nH]c1=O. The fourth-order valence-corrected chi connectivity index (χ4v) is 1.83. The molecule has 6 heteroatoms. The molecule has 0 aliphatic heterocycles. The van der Waals surface area contributed by atoms with Gasteiger partial charge in [0.1, 0.15) is 5.76 Å². The normalized spacial score (nSPS) is 11.1. The number of aromatic amines is 1. The van der Waals surface area contributed by atoms with Crippen LogP contribution in [-0.4, -0.2) is 16.2 Å². The van der Waals surface area contributed by atoms with E-state index in [0.29, 0.717) is 11.7 Å². The van der Waals surface area contributed by atoms with Crippen molar-refractivity contribution in [2.45, 2.75) is 33.1 Å². The summed E-state index contributed by atoms with van der Waals surface area (Å²) in [5.41, 5.74) is 4.06. The van der Waals surface area contributed by atoms with Gasteiger partial charge in [-0.25, -0.2) is 10.4 Å². The number of hydrogen-bond acceptors (Lipinski definition) is 5. The molecular weight excluding hydrogens is 256 g/mol. The molecule has 0 bridgehead atoms. The number of furan rings is 1. The van der Waals surface area contributed by atoms with Gasteiger partial charge in [-0.05, 0) is 31.9 Å². The third-order valence-electron chi connectivity index (χ3n) is 2.91. The Kier molecular flexibility index (Phi) is 4.70. The first kappa shape index (κ1) is 14.0. The summed E-state index contributed by atoms with van der Waals surface area (Å²) in [6.45, 7) is 3.93. The monoisotopic (exact) mass is 274 g/mol. The molecule has 2 N–H and O–H groups in total. The molecule has 2 rings (SSSR count). The maximum absolute atomic E-state index is 12.0. The molecule has 2 aromatic heterocycles. The van der Waals surface area contributed by atoms with Crippen molar-refractivity contribution in [3.8, 4) is 0 Å². The largest absolute Gasteiger partial charge is 0.463 e. The molecule has 0 fully saturated rings. The lowest BCUT2D eigenvalue weighted by molar-refractivity contribution is 0.560. The maximum Gasteiger partial charge on any atom is 0.255 e. The number of hydrazone groups is 1. The zero-order valence-corrected chi connectivity index (χ0v) is 11.6. The van der Waals surface area contributed by atoms with Gasteiger partial charge in [0, 0.05) is 11.3 Å². The molecule has 0 unspecified atom stereocenters. The van der Waals surface area contributed by atoms with Crippen molar-refractivity contribution in [1.29, 1.82) is 0 Å². The Morgan fingerprint density at radius 3 is 3.05 bits per heavy atom. The lowest BCUT2D eigenvalue weighted by atomic mass is 10.1. The van der Waals surface area contributed by atoms with E-state index in [0.717, 1.165) is 30.5 Å². The van der Waals surface area contributed by atoms with Crippen LogP contribution in [0.5, 0.6) is 0 Å². The van der Waals surface area contributed by atoms with Crippen LogP contribution in [0.4, 0.5) is 5.95 Å². The van der Waals surface area contributed by atoms with Gasteiger partial charge in [0.15, 0.2) is 0 Å². The van der Waals surface area contributed by atoms with E-state index in [9.17, 15) is 4.79 Å². The second-order valence-corrected chi connectivity index (χ2v) is 4.47. The maximum atomic E-state index is 12.0. The summed E-state index contributed by atoms with van der Waals surface area (Å²) in [6.07, 6.45) is 5.86. The highest BCUT2D eigenvalue weighted by molar-refractivity contribution is 5.76. The fourth-order valence-electron chi connectivity index (χ4n) is 1.83. The van der Waals surface area contributed by atoms with Gasteiger partial charge in [0.05, 0.1) is 12.5 Å². The van der Waals surface area contributed by atoms with E-state index in [4.69, 9.17) is 4.42 Å². The quantitative estimate of drug-likeness (QED) is 0.626. The number of nitrogens with zero attached hydrogens (tertiary/aromatic N) is 2. The first-order valence-electron chi connectivity index (χ1n) is 6.63. The Labute approximate surface area is 116 Å². The molecule has 0 spiro atoms. The average molecular weight is 274 g/mol. The lowest BCUT2D eigenvalue weighted by Crippen LogP contribution is -2.18. The highest BCUT2D eigenvalue weighted by Crippen LogP contribution is 2.06. The van der Waals surface area contributed by atoms with Crippen LogP contribution in [0, 0.1) is 6.92 Å². The van der Waals surface area contributed by atoms with Crippen LogP contribution in [0.15, 0.2) is 32.7 Å². The summed E-state index contributed by atoms with van der Waals surface area (Å²) in [5.74, 6) is 0.951. The highest BCUT2D eigenvalue weighted by Gasteiger charge is 2.07. The third kappa shape index (κ3) is 3.57. The molecule has 0 aliphatic carbocycles. The molecule has 20 heavy (non-hydrogen) atoms. The molecule has 0 amide bonds. The van der Waals surface area contributed by atoms with Gasteiger partial charge in [-0.15, -0.1) is 0 Å². The molecule has 2 heterocycles. The van der Waals surface area contributed by atoms with Crippen LogP contribution in [-0.2, 0) is 6.42 Å². The molecular formula is C14H18N4O2. The Hall–Kier alpha value is -2.37. The van der Waals surface area contributed by atoms with E-state index in [1.807, 2.05) is 6.92 Å². The summed E-state index contributed by atoms with van der Waals surface area (Å²) >= 11 is 0. The molecule has 0 saturated heterocycles. The summed E-state index contributed by atoms with van der Waals surface area (Å²) in [5, 5.41) is 3.96. The topological polar surface area (TPSA) is 83.3 Å². The van der Waals surface area contributed by atoms with Crippen LogP contribution in [0.3, 0.4) is 0 Å². The molecule has 0 aromatic carbocycles. The van der Waals surface area contributed by atoms with Crippen LogP contribution in [0.25, 0.3) is 0 Å². The number of H-pyrrole nitrogens is 1. The molecule has 0 radical (unpaired) electrons. The average Bonchev–Trinajstić information content (AvgIpc) is 2.91. The van der Waals surface area contributed by atoms with Crippen molar-refractivity contribution >= 4 is 12.2 Å². The molecule has 2 aromatic rings. The summed E-state index contributed by atoms with van der Waals surface area (Å²) < 4.78 is 5.10. The van der Waals surface area contributed by atoms with Crippen molar-refractivity contribution in [3.63, 3.8) is 0 Å². The molecule has 6 nitrogen and oxygen atoms in total. The third-order valence-corrected chi connectivity index (χ3v) is 2.91. The predicted molar refractivity (Wildman–Crippen MR) is 78.1 cm³/mol. The number of hydrogen-bond donors (Lipinski definition) is 2. The Balaban J connectivity index is 2.08. The van der Waals surface area contributed by atoms with Crippen molar-refractivity contribution in [3.05, 3.63) is 45.8 Å². The Morgan fingerprint density at radius 1 is 1.55 bits per heavy atom. The Bertz CT molecular complexity index is 629. The highest BCUT2D eigenvalue weighted by atomic mass is 16.3. The van der Waals surface area contributed by atoms with Gasteiger partial charge in [-0.3, -0.25) is 9.78 Å². The predicted octanol–water partition coefficient (Wildman–Crippen LogP) is 2.46. The van der Waals surface area contributed by atoms with Crippen LogP contribution < -0.4 is 11.0 Å². The van der Waals surface area contributed by atoms with E-state index in [2.05, 4.69) is 27.4 Å². The van der Waals surface area contributed by atoms with Crippen LogP contribution >= 0.6 is 0 Å². The minimum Gasteiger partial charge on any atom is -0.463 e. The fraction of sp³-hybridized carbons (Fsp3) is 0.357. The summed E-state index contributed by atoms with van der Waals surface area (Å²) in [7, 11) is 0. The van der Waals surface area contributed by atoms with E-state index in [1.54, 1.807) is 18.4 Å². The number of nitrogens with one attached hydrogen (secondary N) is 2. The molecule has 0 saturated carbocycles. The first-order valence-corrected chi connectivity index (χ1v) is 6.63. The van der Waals surface area contributed by atoms with Gasteiger partial charge in [-0.2, -0.15) is 5.10 Å². The van der Waals surface area contributed by atoms with Gasteiger partial charge in [0.2, 0.25) is 5.95 Å². The Morgan fingerprint density at radius 2 is 2.40 bits per heavy atom. The van der Waals surface area contributed by atoms with E-state index >= 15 is 0 Å². The molecule has 106 valence electrons.